The Kier molecular flexibility index (Phi) is 4.42. The minimum Gasteiger partial charge on any atom is -0.454 e. The molecule has 0 fully saturated rings. The van der Waals surface area contributed by atoms with Crippen LogP contribution in [0.3, 0.4) is 0 Å². The maximum absolute atomic E-state index is 6.66. The predicted octanol–water partition coefficient (Wildman–Crippen LogP) is 10.6. The zero-order valence-corrected chi connectivity index (χ0v) is 20.7. The van der Waals surface area contributed by atoms with E-state index in [1.165, 1.54) is 36.3 Å². The Morgan fingerprint density at radius 2 is 1.19 bits per heavy atom. The van der Waals surface area contributed by atoms with Gasteiger partial charge in [0.15, 0.2) is 5.58 Å². The van der Waals surface area contributed by atoms with E-state index in [0.29, 0.717) is 0 Å². The first-order chi connectivity index (χ1) is 18.4. The number of hydrogen-bond acceptors (Lipinski definition) is 3. The Morgan fingerprint density at radius 1 is 0.486 bits per heavy atom. The molecule has 0 unspecified atom stereocenters. The fourth-order valence-corrected chi connectivity index (χ4v) is 6.78. The molecule has 2 nitrogen and oxygen atoms in total. The lowest BCUT2D eigenvalue weighted by Crippen LogP contribution is -2.10. The molecule has 174 valence electrons. The van der Waals surface area contributed by atoms with Crippen LogP contribution < -0.4 is 4.90 Å². The zero-order chi connectivity index (χ0) is 24.3. The lowest BCUT2D eigenvalue weighted by molar-refractivity contribution is 0.669. The summed E-state index contributed by atoms with van der Waals surface area (Å²) in [7, 11) is 0. The van der Waals surface area contributed by atoms with Crippen molar-refractivity contribution in [2.45, 2.75) is 0 Å². The molecule has 0 atom stereocenters. The van der Waals surface area contributed by atoms with E-state index in [0.717, 1.165) is 33.6 Å². The van der Waals surface area contributed by atoms with Gasteiger partial charge in [0.05, 0.1) is 11.4 Å². The smallest absolute Gasteiger partial charge is 0.159 e. The van der Waals surface area contributed by atoms with Gasteiger partial charge in [0.25, 0.3) is 0 Å². The summed E-state index contributed by atoms with van der Waals surface area (Å²) in [6, 6.07) is 45.2. The van der Waals surface area contributed by atoms with Gasteiger partial charge in [-0.15, -0.1) is 11.3 Å². The molecule has 0 amide bonds. The van der Waals surface area contributed by atoms with E-state index in [1.54, 1.807) is 0 Å². The van der Waals surface area contributed by atoms with Gasteiger partial charge in [-0.2, -0.15) is 0 Å². The fraction of sp³-hybridized carbons (Fsp3) is 0. The molecular formula is C34H21NOS. The quantitative estimate of drug-likeness (QED) is 0.244. The Morgan fingerprint density at radius 3 is 2.11 bits per heavy atom. The number of rotatable bonds is 3. The maximum Gasteiger partial charge on any atom is 0.159 e. The molecular weight excluding hydrogens is 470 g/mol. The number of benzene rings is 6. The van der Waals surface area contributed by atoms with Crippen molar-refractivity contribution < 1.29 is 4.42 Å². The molecule has 2 aromatic heterocycles. The number of furan rings is 1. The van der Waals surface area contributed by atoms with E-state index in [2.05, 4.69) is 132 Å². The molecule has 0 saturated carbocycles. The van der Waals surface area contributed by atoms with Crippen LogP contribution in [-0.2, 0) is 0 Å². The number of nitrogens with zero attached hydrogens (tertiary/aromatic N) is 1. The first-order valence-corrected chi connectivity index (χ1v) is 13.3. The van der Waals surface area contributed by atoms with E-state index in [9.17, 15) is 0 Å². The SMILES string of the molecule is c1ccc(N(c2cccc3c2oc2ccc4ccccc4c23)c2cccc3sc4ccccc4c23)cc1. The van der Waals surface area contributed by atoms with Gasteiger partial charge in [-0.25, -0.2) is 0 Å². The Bertz CT molecular complexity index is 2100. The van der Waals surface area contributed by atoms with Gasteiger partial charge >= 0.3 is 0 Å². The second kappa shape index (κ2) is 7.95. The third-order valence-electron chi connectivity index (χ3n) is 7.24. The van der Waals surface area contributed by atoms with Gasteiger partial charge in [-0.05, 0) is 53.2 Å². The molecule has 0 aliphatic carbocycles. The highest BCUT2D eigenvalue weighted by Gasteiger charge is 2.22. The van der Waals surface area contributed by atoms with Crippen LogP contribution in [0.5, 0.6) is 0 Å². The second-order valence-corrected chi connectivity index (χ2v) is 10.4. The number of hydrogen-bond donors (Lipinski definition) is 0. The Hall–Kier alpha value is -4.60. The van der Waals surface area contributed by atoms with Crippen molar-refractivity contribution in [3.63, 3.8) is 0 Å². The average molecular weight is 492 g/mol. The van der Waals surface area contributed by atoms with Crippen LogP contribution in [0.1, 0.15) is 0 Å². The summed E-state index contributed by atoms with van der Waals surface area (Å²) < 4.78 is 9.24. The molecule has 0 aliphatic rings. The molecule has 0 saturated heterocycles. The molecule has 0 N–H and O–H groups in total. The Balaban J connectivity index is 1.49. The van der Waals surface area contributed by atoms with E-state index in [1.807, 2.05) is 11.3 Å². The van der Waals surface area contributed by atoms with Gasteiger partial charge in [0, 0.05) is 36.6 Å². The number of thiophene rings is 1. The summed E-state index contributed by atoms with van der Waals surface area (Å²) in [5.41, 5.74) is 5.09. The number of anilines is 3. The van der Waals surface area contributed by atoms with Crippen LogP contribution in [0.15, 0.2) is 132 Å². The summed E-state index contributed by atoms with van der Waals surface area (Å²) in [5.74, 6) is 0. The van der Waals surface area contributed by atoms with E-state index < -0.39 is 0 Å². The van der Waals surface area contributed by atoms with Crippen LogP contribution >= 0.6 is 11.3 Å². The number of para-hydroxylation sites is 2. The highest BCUT2D eigenvalue weighted by molar-refractivity contribution is 7.26. The molecule has 3 heteroatoms. The zero-order valence-electron chi connectivity index (χ0n) is 19.9. The largest absolute Gasteiger partial charge is 0.454 e. The summed E-state index contributed by atoms with van der Waals surface area (Å²) in [6.45, 7) is 0. The van der Waals surface area contributed by atoms with Crippen LogP contribution in [0.25, 0.3) is 52.9 Å². The lowest BCUT2D eigenvalue weighted by Gasteiger charge is -2.26. The molecule has 6 aromatic carbocycles. The lowest BCUT2D eigenvalue weighted by atomic mass is 10.0. The highest BCUT2D eigenvalue weighted by Crippen LogP contribution is 2.47. The molecule has 0 aliphatic heterocycles. The van der Waals surface area contributed by atoms with Crippen molar-refractivity contribution in [3.05, 3.63) is 127 Å². The van der Waals surface area contributed by atoms with Crippen molar-refractivity contribution in [1.82, 2.24) is 0 Å². The van der Waals surface area contributed by atoms with Crippen LogP contribution in [0.4, 0.5) is 17.1 Å². The predicted molar refractivity (Wildman–Crippen MR) is 159 cm³/mol. The van der Waals surface area contributed by atoms with Crippen LogP contribution in [0, 0.1) is 0 Å². The third-order valence-corrected chi connectivity index (χ3v) is 8.38. The monoisotopic (exact) mass is 491 g/mol. The highest BCUT2D eigenvalue weighted by atomic mass is 32.1. The van der Waals surface area contributed by atoms with Gasteiger partial charge in [-0.3, -0.25) is 0 Å². The normalized spacial score (nSPS) is 11.8. The molecule has 0 spiro atoms. The summed E-state index contributed by atoms with van der Waals surface area (Å²) in [5, 5.41) is 7.28. The van der Waals surface area contributed by atoms with Crippen LogP contribution in [0.2, 0.25) is 0 Å². The Labute approximate surface area is 217 Å². The molecule has 37 heavy (non-hydrogen) atoms. The van der Waals surface area contributed by atoms with Crippen molar-refractivity contribution in [1.29, 1.82) is 0 Å². The summed E-state index contributed by atoms with van der Waals surface area (Å²) in [4.78, 5) is 2.36. The van der Waals surface area contributed by atoms with Gasteiger partial charge in [-0.1, -0.05) is 84.9 Å². The maximum atomic E-state index is 6.66. The standard InChI is InChI=1S/C34H21NOS/c1-2-11-23(12-3-1)35(27-16-9-19-31-33(27)25-14-6-7-18-30(25)37-31)28-17-8-15-26-32-24-13-5-4-10-22(24)20-21-29(32)36-34(26)28/h1-21H. The van der Waals surface area contributed by atoms with E-state index >= 15 is 0 Å². The van der Waals surface area contributed by atoms with Crippen molar-refractivity contribution in [2.24, 2.45) is 0 Å². The van der Waals surface area contributed by atoms with E-state index in [-0.39, 0.29) is 0 Å². The minimum absolute atomic E-state index is 0.897. The van der Waals surface area contributed by atoms with Gasteiger partial charge in [0.1, 0.15) is 5.58 Å². The van der Waals surface area contributed by atoms with Gasteiger partial charge < -0.3 is 9.32 Å². The first kappa shape index (κ1) is 20.6. The molecule has 8 aromatic rings. The molecule has 0 bridgehead atoms. The summed E-state index contributed by atoms with van der Waals surface area (Å²) in [6.07, 6.45) is 0. The van der Waals surface area contributed by atoms with Crippen LogP contribution in [-0.4, -0.2) is 0 Å². The first-order valence-electron chi connectivity index (χ1n) is 12.5. The minimum atomic E-state index is 0.897. The van der Waals surface area contributed by atoms with E-state index in [4.69, 9.17) is 4.42 Å². The molecule has 8 rings (SSSR count). The summed E-state index contributed by atoms with van der Waals surface area (Å²) >= 11 is 1.84. The fourth-order valence-electron chi connectivity index (χ4n) is 5.66. The molecule has 2 heterocycles. The third kappa shape index (κ3) is 3.05. The molecule has 0 radical (unpaired) electrons. The van der Waals surface area contributed by atoms with Crippen molar-refractivity contribution in [2.75, 3.05) is 4.90 Å². The van der Waals surface area contributed by atoms with Crippen molar-refractivity contribution in [3.8, 4) is 0 Å². The van der Waals surface area contributed by atoms with Gasteiger partial charge in [0.2, 0.25) is 0 Å². The average Bonchev–Trinajstić information content (AvgIpc) is 3.53. The topological polar surface area (TPSA) is 16.4 Å². The van der Waals surface area contributed by atoms with Crippen molar-refractivity contribution >= 4 is 81.3 Å². The second-order valence-electron chi connectivity index (χ2n) is 9.34. The number of fused-ring (bicyclic) bond motifs is 8.